The van der Waals surface area contributed by atoms with Gasteiger partial charge in [0.1, 0.15) is 17.5 Å². The van der Waals surface area contributed by atoms with Gasteiger partial charge in [-0.1, -0.05) is 18.2 Å². The summed E-state index contributed by atoms with van der Waals surface area (Å²) < 4.78 is 52.2. The average Bonchev–Trinajstić information content (AvgIpc) is 2.64. The summed E-state index contributed by atoms with van der Waals surface area (Å²) in [5.74, 6) is -2.25. The maximum absolute atomic E-state index is 14.5. The van der Waals surface area contributed by atoms with Gasteiger partial charge in [-0.05, 0) is 13.0 Å². The summed E-state index contributed by atoms with van der Waals surface area (Å²) in [6.45, 7) is 2.37. The molecule has 2 aromatic carbocycles. The standard InChI is InChI=1S/C20H20F3N3O2/c1-11-25-15-9-17(28-4)16(27-3)8-13(15)19(26-11)24-10-12-6-5-7-14(18(12)21)20(2,22)23/h5-9H,10H2,1-4H3,(H,24,25,26). The largest absolute Gasteiger partial charge is 0.493 e. The summed E-state index contributed by atoms with van der Waals surface area (Å²) in [5.41, 5.74) is 0.0906. The van der Waals surface area contributed by atoms with E-state index in [0.717, 1.165) is 6.07 Å². The number of nitrogens with one attached hydrogen (secondary N) is 1. The topological polar surface area (TPSA) is 56.3 Å². The van der Waals surface area contributed by atoms with E-state index in [4.69, 9.17) is 9.47 Å². The molecule has 8 heteroatoms. The van der Waals surface area contributed by atoms with E-state index in [0.29, 0.717) is 41.0 Å². The number of anilines is 1. The Kier molecular flexibility index (Phi) is 5.31. The Morgan fingerprint density at radius 2 is 1.75 bits per heavy atom. The van der Waals surface area contributed by atoms with Crippen LogP contribution < -0.4 is 14.8 Å². The van der Waals surface area contributed by atoms with E-state index in [1.807, 2.05) is 0 Å². The number of nitrogens with zero attached hydrogens (tertiary/aromatic N) is 2. The van der Waals surface area contributed by atoms with E-state index in [1.165, 1.54) is 26.4 Å². The molecule has 0 aliphatic carbocycles. The first-order valence-corrected chi connectivity index (χ1v) is 8.54. The highest BCUT2D eigenvalue weighted by molar-refractivity contribution is 5.91. The first kappa shape index (κ1) is 19.7. The number of rotatable bonds is 6. The molecular formula is C20H20F3N3O2. The third-order valence-corrected chi connectivity index (χ3v) is 4.31. The van der Waals surface area contributed by atoms with Crippen molar-refractivity contribution in [2.75, 3.05) is 19.5 Å². The number of fused-ring (bicyclic) bond motifs is 1. The van der Waals surface area contributed by atoms with Crippen molar-refractivity contribution in [1.29, 1.82) is 0 Å². The van der Waals surface area contributed by atoms with E-state index >= 15 is 0 Å². The van der Waals surface area contributed by atoms with Gasteiger partial charge in [-0.2, -0.15) is 0 Å². The molecule has 0 atom stereocenters. The first-order chi connectivity index (χ1) is 13.2. The van der Waals surface area contributed by atoms with Crippen LogP contribution >= 0.6 is 0 Å². The summed E-state index contributed by atoms with van der Waals surface area (Å²) in [7, 11) is 3.04. The fourth-order valence-electron chi connectivity index (χ4n) is 2.94. The third-order valence-electron chi connectivity index (χ3n) is 4.31. The molecule has 3 aromatic rings. The van der Waals surface area contributed by atoms with Crippen LogP contribution in [0, 0.1) is 12.7 Å². The normalized spacial score (nSPS) is 11.5. The lowest BCUT2D eigenvalue weighted by atomic mass is 10.0. The zero-order chi connectivity index (χ0) is 20.5. The highest BCUT2D eigenvalue weighted by atomic mass is 19.3. The molecule has 0 fully saturated rings. The van der Waals surface area contributed by atoms with Crippen molar-refractivity contribution in [1.82, 2.24) is 9.97 Å². The number of ether oxygens (including phenoxy) is 2. The number of aromatic nitrogens is 2. The van der Waals surface area contributed by atoms with Crippen molar-refractivity contribution >= 4 is 16.7 Å². The maximum atomic E-state index is 14.5. The van der Waals surface area contributed by atoms with Crippen molar-refractivity contribution in [2.24, 2.45) is 0 Å². The van der Waals surface area contributed by atoms with Gasteiger partial charge in [-0.3, -0.25) is 0 Å². The zero-order valence-electron chi connectivity index (χ0n) is 15.9. The Labute approximate surface area is 160 Å². The molecule has 148 valence electrons. The second-order valence-electron chi connectivity index (χ2n) is 6.36. The minimum atomic E-state index is -3.26. The van der Waals surface area contributed by atoms with Crippen LogP contribution in [-0.2, 0) is 12.5 Å². The summed E-state index contributed by atoms with van der Waals surface area (Å²) in [6, 6.07) is 7.37. The van der Waals surface area contributed by atoms with Crippen LogP contribution in [0.1, 0.15) is 23.9 Å². The molecule has 0 aliphatic rings. The van der Waals surface area contributed by atoms with Gasteiger partial charge in [0.05, 0.1) is 25.3 Å². The molecule has 3 rings (SSSR count). The molecule has 0 saturated carbocycles. The predicted molar refractivity (Wildman–Crippen MR) is 101 cm³/mol. The number of alkyl halides is 2. The van der Waals surface area contributed by atoms with Gasteiger partial charge >= 0.3 is 0 Å². The van der Waals surface area contributed by atoms with Crippen LogP contribution in [-0.4, -0.2) is 24.2 Å². The van der Waals surface area contributed by atoms with Crippen molar-refractivity contribution < 1.29 is 22.6 Å². The fraction of sp³-hybridized carbons (Fsp3) is 0.300. The first-order valence-electron chi connectivity index (χ1n) is 8.54. The lowest BCUT2D eigenvalue weighted by Gasteiger charge is -2.16. The number of hydrogen-bond acceptors (Lipinski definition) is 5. The smallest absolute Gasteiger partial charge is 0.273 e. The molecule has 0 aliphatic heterocycles. The predicted octanol–water partition coefficient (Wildman–Crippen LogP) is 4.82. The summed E-state index contributed by atoms with van der Waals surface area (Å²) in [5, 5.41) is 3.66. The molecule has 0 amide bonds. The van der Waals surface area contributed by atoms with Crippen molar-refractivity contribution in [3.8, 4) is 11.5 Å². The van der Waals surface area contributed by atoms with Crippen LogP contribution in [0.4, 0.5) is 19.0 Å². The van der Waals surface area contributed by atoms with Gasteiger partial charge in [0.15, 0.2) is 11.5 Å². The molecule has 0 bridgehead atoms. The minimum Gasteiger partial charge on any atom is -0.493 e. The highest BCUT2D eigenvalue weighted by Gasteiger charge is 2.29. The minimum absolute atomic E-state index is 0.0182. The Morgan fingerprint density at radius 1 is 1.07 bits per heavy atom. The van der Waals surface area contributed by atoms with Crippen LogP contribution in [0.25, 0.3) is 10.9 Å². The van der Waals surface area contributed by atoms with Gasteiger partial charge in [-0.15, -0.1) is 0 Å². The van der Waals surface area contributed by atoms with Crippen LogP contribution in [0.15, 0.2) is 30.3 Å². The molecular weight excluding hydrogens is 371 g/mol. The van der Waals surface area contributed by atoms with E-state index in [9.17, 15) is 13.2 Å². The van der Waals surface area contributed by atoms with E-state index in [1.54, 1.807) is 19.1 Å². The molecule has 1 aromatic heterocycles. The second kappa shape index (κ2) is 7.53. The molecule has 0 spiro atoms. The van der Waals surface area contributed by atoms with Crippen LogP contribution in [0.2, 0.25) is 0 Å². The number of hydrogen-bond donors (Lipinski definition) is 1. The number of aryl methyl sites for hydroxylation is 1. The van der Waals surface area contributed by atoms with E-state index < -0.39 is 17.3 Å². The van der Waals surface area contributed by atoms with Gasteiger partial charge < -0.3 is 14.8 Å². The van der Waals surface area contributed by atoms with Crippen molar-refractivity contribution in [3.63, 3.8) is 0 Å². The monoisotopic (exact) mass is 391 g/mol. The molecule has 5 nitrogen and oxygen atoms in total. The SMILES string of the molecule is COc1cc2nc(C)nc(NCc3cccc(C(C)(F)F)c3F)c2cc1OC. The molecule has 1 heterocycles. The average molecular weight is 391 g/mol. The summed E-state index contributed by atoms with van der Waals surface area (Å²) in [4.78, 5) is 8.74. The number of methoxy groups -OCH3 is 2. The Hall–Kier alpha value is -3.03. The quantitative estimate of drug-likeness (QED) is 0.653. The molecule has 0 saturated heterocycles. The zero-order valence-corrected chi connectivity index (χ0v) is 15.9. The maximum Gasteiger partial charge on any atom is 0.273 e. The van der Waals surface area contributed by atoms with Crippen LogP contribution in [0.3, 0.4) is 0 Å². The van der Waals surface area contributed by atoms with E-state index in [2.05, 4.69) is 15.3 Å². The van der Waals surface area contributed by atoms with Crippen molar-refractivity contribution in [2.45, 2.75) is 26.3 Å². The Balaban J connectivity index is 1.99. The van der Waals surface area contributed by atoms with Gasteiger partial charge in [0.25, 0.3) is 5.92 Å². The molecule has 28 heavy (non-hydrogen) atoms. The second-order valence-corrected chi connectivity index (χ2v) is 6.36. The number of benzene rings is 2. The van der Waals surface area contributed by atoms with Crippen LogP contribution in [0.5, 0.6) is 11.5 Å². The molecule has 0 radical (unpaired) electrons. The Bertz CT molecular complexity index is 1020. The highest BCUT2D eigenvalue weighted by Crippen LogP contribution is 2.34. The molecule has 1 N–H and O–H groups in total. The third kappa shape index (κ3) is 3.81. The van der Waals surface area contributed by atoms with Gasteiger partial charge in [-0.25, -0.2) is 23.1 Å². The van der Waals surface area contributed by atoms with Crippen molar-refractivity contribution in [3.05, 3.63) is 53.1 Å². The lowest BCUT2D eigenvalue weighted by molar-refractivity contribution is 0.0136. The lowest BCUT2D eigenvalue weighted by Crippen LogP contribution is -2.13. The number of halogens is 3. The van der Waals surface area contributed by atoms with Gasteiger partial charge in [0, 0.05) is 30.5 Å². The summed E-state index contributed by atoms with van der Waals surface area (Å²) in [6.07, 6.45) is 0. The van der Waals surface area contributed by atoms with Gasteiger partial charge in [0.2, 0.25) is 0 Å². The molecule has 0 unspecified atom stereocenters. The summed E-state index contributed by atoms with van der Waals surface area (Å²) >= 11 is 0. The van der Waals surface area contributed by atoms with E-state index in [-0.39, 0.29) is 12.1 Å². The fourth-order valence-corrected chi connectivity index (χ4v) is 2.94. The Morgan fingerprint density at radius 3 is 2.39 bits per heavy atom.